The molecule has 0 spiro atoms. The van der Waals surface area contributed by atoms with E-state index in [0.29, 0.717) is 17.0 Å². The van der Waals surface area contributed by atoms with Crippen molar-refractivity contribution in [3.05, 3.63) is 59.7 Å². The minimum absolute atomic E-state index is 0.192. The number of rotatable bonds is 4. The van der Waals surface area contributed by atoms with E-state index < -0.39 is 18.6 Å². The summed E-state index contributed by atoms with van der Waals surface area (Å²) in [5.74, 6) is -0.0934. The zero-order valence-corrected chi connectivity index (χ0v) is 13.4. The molecule has 0 aromatic heterocycles. The number of hydrogen-bond acceptors (Lipinski definition) is 3. The molecule has 1 aliphatic heterocycles. The number of anilines is 1. The van der Waals surface area contributed by atoms with E-state index >= 15 is 0 Å². The molecule has 1 amide bonds. The summed E-state index contributed by atoms with van der Waals surface area (Å²) in [7, 11) is 1.45. The van der Waals surface area contributed by atoms with Gasteiger partial charge in [0.05, 0.1) is 19.3 Å². The summed E-state index contributed by atoms with van der Waals surface area (Å²) in [5.41, 5.74) is 1.55. The monoisotopic (exact) mass is 348 g/mol. The first-order chi connectivity index (χ1) is 11.9. The fraction of sp³-hybridized carbons (Fsp3) is 0.222. The van der Waals surface area contributed by atoms with Crippen molar-refractivity contribution in [3.8, 4) is 5.75 Å². The molecule has 1 aliphatic rings. The van der Waals surface area contributed by atoms with Crippen molar-refractivity contribution < 1.29 is 22.7 Å². The summed E-state index contributed by atoms with van der Waals surface area (Å²) in [5, 5.41) is 0. The fourth-order valence-corrected chi connectivity index (χ4v) is 2.66. The van der Waals surface area contributed by atoms with E-state index in [1.807, 2.05) is 30.3 Å². The molecule has 25 heavy (non-hydrogen) atoms. The Labute approximate surface area is 142 Å². The highest BCUT2D eigenvalue weighted by Gasteiger charge is 2.36. The van der Waals surface area contributed by atoms with Crippen LogP contribution in [0.4, 0.5) is 18.9 Å². The molecule has 4 nitrogen and oxygen atoms in total. The van der Waals surface area contributed by atoms with Crippen molar-refractivity contribution in [1.29, 1.82) is 0 Å². The Hall–Kier alpha value is -2.83. The highest BCUT2D eigenvalue weighted by molar-refractivity contribution is 6.54. The van der Waals surface area contributed by atoms with E-state index in [0.717, 1.165) is 5.56 Å². The fourth-order valence-electron chi connectivity index (χ4n) is 2.66. The minimum atomic E-state index is -4.47. The number of carbonyl (C=O) groups is 1. The van der Waals surface area contributed by atoms with E-state index in [-0.39, 0.29) is 12.3 Å². The van der Waals surface area contributed by atoms with Crippen molar-refractivity contribution >= 4 is 17.3 Å². The zero-order valence-electron chi connectivity index (χ0n) is 13.4. The summed E-state index contributed by atoms with van der Waals surface area (Å²) in [6.07, 6.45) is -4.47. The van der Waals surface area contributed by atoms with Gasteiger partial charge in [0.15, 0.2) is 0 Å². The van der Waals surface area contributed by atoms with Crippen molar-refractivity contribution in [2.75, 3.05) is 18.6 Å². The minimum Gasteiger partial charge on any atom is -0.497 e. The number of aliphatic imine (C=N–C) groups is 1. The molecule has 0 atom stereocenters. The number of benzene rings is 2. The van der Waals surface area contributed by atoms with Crippen LogP contribution in [-0.4, -0.2) is 31.4 Å². The number of fused-ring (bicyclic) bond motifs is 1. The van der Waals surface area contributed by atoms with Crippen LogP contribution in [0, 0.1) is 0 Å². The Bertz CT molecular complexity index is 817. The standard InChI is InChI=1S/C18H15F3N2O2/c1-25-13-7-8-15-14(9-13)16(22-11-18(19,20)21)17(24)23(15)10-12-5-3-2-4-6-12/h2-9H,10-11H2,1H3. The van der Waals surface area contributed by atoms with Gasteiger partial charge in [0.25, 0.3) is 5.91 Å². The third-order valence-corrected chi connectivity index (χ3v) is 3.80. The number of amides is 1. The zero-order chi connectivity index (χ0) is 18.0. The van der Waals surface area contributed by atoms with Crippen molar-refractivity contribution in [3.63, 3.8) is 0 Å². The molecule has 3 rings (SSSR count). The van der Waals surface area contributed by atoms with Crippen LogP contribution >= 0.6 is 0 Å². The second kappa shape index (κ2) is 6.58. The van der Waals surface area contributed by atoms with E-state index in [1.165, 1.54) is 18.1 Å². The van der Waals surface area contributed by atoms with Crippen molar-refractivity contribution in [2.24, 2.45) is 4.99 Å². The number of methoxy groups -OCH3 is 1. The van der Waals surface area contributed by atoms with Gasteiger partial charge >= 0.3 is 6.18 Å². The molecule has 7 heteroatoms. The van der Waals surface area contributed by atoms with Gasteiger partial charge in [0, 0.05) is 5.56 Å². The number of ether oxygens (including phenoxy) is 1. The van der Waals surface area contributed by atoms with E-state index in [9.17, 15) is 18.0 Å². The van der Waals surface area contributed by atoms with E-state index in [4.69, 9.17) is 4.74 Å². The molecule has 0 N–H and O–H groups in total. The molecule has 2 aromatic carbocycles. The van der Waals surface area contributed by atoms with Crippen LogP contribution in [0.25, 0.3) is 0 Å². The second-order valence-electron chi connectivity index (χ2n) is 5.54. The summed E-state index contributed by atoms with van der Waals surface area (Å²) >= 11 is 0. The molecule has 0 unspecified atom stereocenters. The predicted molar refractivity (Wildman–Crippen MR) is 88.1 cm³/mol. The first-order valence-corrected chi connectivity index (χ1v) is 7.54. The summed E-state index contributed by atoms with van der Waals surface area (Å²) in [6, 6.07) is 14.1. The molecule has 1 heterocycles. The maximum absolute atomic E-state index is 12.7. The molecule has 2 aromatic rings. The lowest BCUT2D eigenvalue weighted by Gasteiger charge is -2.17. The first-order valence-electron chi connectivity index (χ1n) is 7.54. The van der Waals surface area contributed by atoms with Gasteiger partial charge < -0.3 is 9.64 Å². The molecular formula is C18H15F3N2O2. The number of nitrogens with zero attached hydrogens (tertiary/aromatic N) is 2. The predicted octanol–water partition coefficient (Wildman–Crippen LogP) is 3.59. The molecule has 0 fully saturated rings. The Morgan fingerprint density at radius 1 is 1.12 bits per heavy atom. The number of alkyl halides is 3. The highest BCUT2D eigenvalue weighted by Crippen LogP contribution is 2.34. The average Bonchev–Trinajstić information content (AvgIpc) is 2.84. The number of hydrogen-bond donors (Lipinski definition) is 0. The Balaban J connectivity index is 2.01. The number of carbonyl (C=O) groups excluding carboxylic acids is 1. The first kappa shape index (κ1) is 17.0. The highest BCUT2D eigenvalue weighted by atomic mass is 19.4. The van der Waals surface area contributed by atoms with Crippen molar-refractivity contribution in [2.45, 2.75) is 12.7 Å². The van der Waals surface area contributed by atoms with Gasteiger partial charge in [-0.1, -0.05) is 30.3 Å². The smallest absolute Gasteiger partial charge is 0.407 e. The molecule has 130 valence electrons. The lowest BCUT2D eigenvalue weighted by atomic mass is 10.1. The van der Waals surface area contributed by atoms with Gasteiger partial charge in [-0.2, -0.15) is 13.2 Å². The van der Waals surface area contributed by atoms with Gasteiger partial charge in [-0.05, 0) is 23.8 Å². The summed E-state index contributed by atoms with van der Waals surface area (Å²) in [6.45, 7) is -1.14. The summed E-state index contributed by atoms with van der Waals surface area (Å²) < 4.78 is 42.7. The maximum Gasteiger partial charge on any atom is 0.407 e. The van der Waals surface area contributed by atoms with Crippen LogP contribution in [0.2, 0.25) is 0 Å². The third-order valence-electron chi connectivity index (χ3n) is 3.80. The molecule has 0 bridgehead atoms. The van der Waals surface area contributed by atoms with Gasteiger partial charge in [0.2, 0.25) is 0 Å². The summed E-state index contributed by atoms with van der Waals surface area (Å²) in [4.78, 5) is 17.6. The van der Waals surface area contributed by atoms with E-state index in [2.05, 4.69) is 4.99 Å². The molecule has 0 radical (unpaired) electrons. The van der Waals surface area contributed by atoms with Crippen LogP contribution in [0.1, 0.15) is 11.1 Å². The molecular weight excluding hydrogens is 333 g/mol. The molecule has 0 saturated carbocycles. The largest absolute Gasteiger partial charge is 0.497 e. The molecule has 0 saturated heterocycles. The van der Waals surface area contributed by atoms with Crippen LogP contribution < -0.4 is 9.64 Å². The van der Waals surface area contributed by atoms with Crippen molar-refractivity contribution in [1.82, 2.24) is 0 Å². The Kier molecular flexibility index (Phi) is 4.48. The van der Waals surface area contributed by atoms with Crippen LogP contribution in [0.15, 0.2) is 53.5 Å². The SMILES string of the molecule is COc1ccc2c(c1)C(=NCC(F)(F)F)C(=O)N2Cc1ccccc1. The van der Waals surface area contributed by atoms with Gasteiger partial charge in [-0.25, -0.2) is 0 Å². The molecule has 0 aliphatic carbocycles. The van der Waals surface area contributed by atoms with Crippen LogP contribution in [0.3, 0.4) is 0 Å². The van der Waals surface area contributed by atoms with Gasteiger partial charge in [-0.15, -0.1) is 0 Å². The topological polar surface area (TPSA) is 41.9 Å². The van der Waals surface area contributed by atoms with Crippen LogP contribution in [-0.2, 0) is 11.3 Å². The lowest BCUT2D eigenvalue weighted by molar-refractivity contribution is -0.118. The Morgan fingerprint density at radius 3 is 2.48 bits per heavy atom. The number of halogens is 3. The third kappa shape index (κ3) is 3.65. The van der Waals surface area contributed by atoms with Crippen LogP contribution in [0.5, 0.6) is 5.75 Å². The average molecular weight is 348 g/mol. The van der Waals surface area contributed by atoms with Gasteiger partial charge in [-0.3, -0.25) is 9.79 Å². The van der Waals surface area contributed by atoms with Gasteiger partial charge in [0.1, 0.15) is 18.0 Å². The Morgan fingerprint density at radius 2 is 1.84 bits per heavy atom. The van der Waals surface area contributed by atoms with E-state index in [1.54, 1.807) is 12.1 Å². The maximum atomic E-state index is 12.7. The lowest BCUT2D eigenvalue weighted by Crippen LogP contribution is -2.30. The quantitative estimate of drug-likeness (QED) is 0.847. The second-order valence-corrected chi connectivity index (χ2v) is 5.54. The normalized spacial score (nSPS) is 15.6.